The van der Waals surface area contributed by atoms with Crippen molar-refractivity contribution in [3.63, 3.8) is 0 Å². The fourth-order valence-electron chi connectivity index (χ4n) is 2.39. The summed E-state index contributed by atoms with van der Waals surface area (Å²) in [4.78, 5) is 11.6. The molecule has 0 saturated heterocycles. The van der Waals surface area contributed by atoms with Crippen LogP contribution >= 0.6 is 11.6 Å². The number of alkyl halides is 1. The fraction of sp³-hybridized carbons (Fsp3) is 0.917. The van der Waals surface area contributed by atoms with E-state index in [1.165, 1.54) is 25.7 Å². The predicted octanol–water partition coefficient (Wildman–Crippen LogP) is 3.79. The fourth-order valence-corrected chi connectivity index (χ4v) is 2.56. The topological polar surface area (TPSA) is 17.1 Å². The third kappa shape index (κ3) is 4.00. The zero-order valence-corrected chi connectivity index (χ0v) is 10.0. The first-order valence-corrected chi connectivity index (χ1v) is 6.19. The maximum absolute atomic E-state index is 11.6. The van der Waals surface area contributed by atoms with Crippen LogP contribution in [0.2, 0.25) is 0 Å². The van der Waals surface area contributed by atoms with Gasteiger partial charge in [0, 0.05) is 18.2 Å². The Morgan fingerprint density at radius 3 is 2.64 bits per heavy atom. The lowest BCUT2D eigenvalue weighted by Crippen LogP contribution is -2.20. The summed E-state index contributed by atoms with van der Waals surface area (Å²) in [7, 11) is 0. The molecule has 0 aromatic rings. The molecular formula is C12H21ClO. The van der Waals surface area contributed by atoms with Gasteiger partial charge in [-0.2, -0.15) is 0 Å². The van der Waals surface area contributed by atoms with E-state index < -0.39 is 0 Å². The zero-order chi connectivity index (χ0) is 10.6. The lowest BCUT2D eigenvalue weighted by molar-refractivity contribution is -0.120. The van der Waals surface area contributed by atoms with Crippen LogP contribution in [-0.4, -0.2) is 11.2 Å². The number of carbonyl (C=O) groups is 1. The van der Waals surface area contributed by atoms with E-state index in [-0.39, 0.29) is 5.38 Å². The van der Waals surface area contributed by atoms with Gasteiger partial charge in [0.2, 0.25) is 0 Å². The van der Waals surface area contributed by atoms with Crippen molar-refractivity contribution in [2.45, 2.75) is 57.7 Å². The molecule has 0 spiro atoms. The molecule has 3 atom stereocenters. The molecule has 2 heteroatoms. The smallest absolute Gasteiger partial charge is 0.134 e. The average Bonchev–Trinajstić information content (AvgIpc) is 2.07. The molecule has 3 unspecified atom stereocenters. The molecule has 1 aliphatic carbocycles. The summed E-state index contributed by atoms with van der Waals surface area (Å²) in [6.45, 7) is 4.17. The number of rotatable bonds is 4. The highest BCUT2D eigenvalue weighted by Gasteiger charge is 2.23. The summed E-state index contributed by atoms with van der Waals surface area (Å²) in [5.74, 6) is 1.72. The first-order valence-electron chi connectivity index (χ1n) is 5.75. The van der Waals surface area contributed by atoms with E-state index in [1.807, 2.05) is 6.92 Å². The predicted molar refractivity (Wildman–Crippen MR) is 60.7 cm³/mol. The molecule has 0 radical (unpaired) electrons. The largest absolute Gasteiger partial charge is 0.300 e. The Bertz CT molecular complexity index is 189. The quantitative estimate of drug-likeness (QED) is 0.654. The molecule has 0 aromatic heterocycles. The summed E-state index contributed by atoms with van der Waals surface area (Å²) in [5.41, 5.74) is 0. The molecule has 0 aromatic carbocycles. The van der Waals surface area contributed by atoms with Gasteiger partial charge in [-0.05, 0) is 25.2 Å². The number of Topliss-reactive ketones (excluding diaryl/α,β-unsaturated/α-hetero) is 1. The number of ketones is 1. The van der Waals surface area contributed by atoms with Crippen LogP contribution in [-0.2, 0) is 4.79 Å². The van der Waals surface area contributed by atoms with Crippen molar-refractivity contribution in [3.05, 3.63) is 0 Å². The third-order valence-corrected chi connectivity index (χ3v) is 3.44. The zero-order valence-electron chi connectivity index (χ0n) is 9.26. The Balaban J connectivity index is 2.31. The SMILES string of the molecule is CC(Cl)CC(=O)CC1CCCCC1C. The van der Waals surface area contributed by atoms with Gasteiger partial charge in [-0.25, -0.2) is 0 Å². The molecule has 1 aliphatic rings. The van der Waals surface area contributed by atoms with Crippen LogP contribution in [0.15, 0.2) is 0 Å². The molecule has 1 nitrogen and oxygen atoms in total. The normalized spacial score (nSPS) is 29.9. The molecule has 0 heterocycles. The standard InChI is InChI=1S/C12H21ClO/c1-9-5-3-4-6-11(9)8-12(14)7-10(2)13/h9-11H,3-8H2,1-2H3. The van der Waals surface area contributed by atoms with E-state index in [9.17, 15) is 4.79 Å². The molecule has 0 amide bonds. The van der Waals surface area contributed by atoms with Crippen molar-refractivity contribution in [1.82, 2.24) is 0 Å². The summed E-state index contributed by atoms with van der Waals surface area (Å²) >= 11 is 5.81. The van der Waals surface area contributed by atoms with Crippen LogP contribution in [0.5, 0.6) is 0 Å². The second-order valence-electron chi connectivity index (χ2n) is 4.75. The minimum atomic E-state index is 0.00129. The Morgan fingerprint density at radius 1 is 1.43 bits per heavy atom. The van der Waals surface area contributed by atoms with E-state index >= 15 is 0 Å². The van der Waals surface area contributed by atoms with E-state index in [0.717, 1.165) is 12.3 Å². The molecule has 1 saturated carbocycles. The molecule has 1 fully saturated rings. The van der Waals surface area contributed by atoms with Crippen LogP contribution in [0.3, 0.4) is 0 Å². The van der Waals surface area contributed by atoms with Gasteiger partial charge in [0.15, 0.2) is 0 Å². The molecular weight excluding hydrogens is 196 g/mol. The highest BCUT2D eigenvalue weighted by atomic mass is 35.5. The van der Waals surface area contributed by atoms with Crippen molar-refractivity contribution in [3.8, 4) is 0 Å². The van der Waals surface area contributed by atoms with Gasteiger partial charge in [-0.15, -0.1) is 11.6 Å². The van der Waals surface area contributed by atoms with Crippen molar-refractivity contribution in [2.24, 2.45) is 11.8 Å². The van der Waals surface area contributed by atoms with E-state index in [4.69, 9.17) is 11.6 Å². The average molecular weight is 217 g/mol. The van der Waals surface area contributed by atoms with E-state index in [0.29, 0.717) is 18.1 Å². The van der Waals surface area contributed by atoms with Gasteiger partial charge in [0.1, 0.15) is 5.78 Å². The molecule has 1 rings (SSSR count). The van der Waals surface area contributed by atoms with Crippen LogP contribution in [0.25, 0.3) is 0 Å². The summed E-state index contributed by atoms with van der Waals surface area (Å²) in [6, 6.07) is 0. The van der Waals surface area contributed by atoms with Crippen LogP contribution in [0, 0.1) is 11.8 Å². The lowest BCUT2D eigenvalue weighted by atomic mass is 9.77. The van der Waals surface area contributed by atoms with Gasteiger partial charge in [-0.3, -0.25) is 4.79 Å². The van der Waals surface area contributed by atoms with Gasteiger partial charge in [-0.1, -0.05) is 26.2 Å². The highest BCUT2D eigenvalue weighted by molar-refractivity contribution is 6.21. The number of hydrogen-bond donors (Lipinski definition) is 0. The van der Waals surface area contributed by atoms with Crippen molar-refractivity contribution < 1.29 is 4.79 Å². The molecule has 82 valence electrons. The second-order valence-corrected chi connectivity index (χ2v) is 5.49. The minimum absolute atomic E-state index is 0.00129. The van der Waals surface area contributed by atoms with E-state index in [2.05, 4.69) is 6.92 Å². The summed E-state index contributed by atoms with van der Waals surface area (Å²) in [6.07, 6.45) is 6.50. The Kier molecular flexibility index (Phi) is 4.94. The van der Waals surface area contributed by atoms with Crippen LogP contribution in [0.1, 0.15) is 52.4 Å². The van der Waals surface area contributed by atoms with Crippen molar-refractivity contribution in [1.29, 1.82) is 0 Å². The number of halogens is 1. The van der Waals surface area contributed by atoms with Gasteiger partial charge in [0.05, 0.1) is 0 Å². The maximum atomic E-state index is 11.6. The summed E-state index contributed by atoms with van der Waals surface area (Å²) in [5, 5.41) is 0.00129. The first kappa shape index (κ1) is 12.0. The number of hydrogen-bond acceptors (Lipinski definition) is 1. The van der Waals surface area contributed by atoms with Crippen LogP contribution < -0.4 is 0 Å². The molecule has 14 heavy (non-hydrogen) atoms. The van der Waals surface area contributed by atoms with Crippen molar-refractivity contribution >= 4 is 17.4 Å². The third-order valence-electron chi connectivity index (χ3n) is 3.29. The van der Waals surface area contributed by atoms with Crippen LogP contribution in [0.4, 0.5) is 0 Å². The second kappa shape index (κ2) is 5.75. The Hall–Kier alpha value is -0.0400. The van der Waals surface area contributed by atoms with Gasteiger partial charge >= 0.3 is 0 Å². The van der Waals surface area contributed by atoms with Gasteiger partial charge < -0.3 is 0 Å². The maximum Gasteiger partial charge on any atom is 0.134 e. The molecule has 0 aliphatic heterocycles. The highest BCUT2D eigenvalue weighted by Crippen LogP contribution is 2.32. The number of carbonyl (C=O) groups excluding carboxylic acids is 1. The lowest BCUT2D eigenvalue weighted by Gasteiger charge is -2.28. The monoisotopic (exact) mass is 216 g/mol. The Labute approximate surface area is 92.2 Å². The van der Waals surface area contributed by atoms with Crippen molar-refractivity contribution in [2.75, 3.05) is 0 Å². The Morgan fingerprint density at radius 2 is 2.07 bits per heavy atom. The molecule has 0 bridgehead atoms. The minimum Gasteiger partial charge on any atom is -0.300 e. The summed E-state index contributed by atoms with van der Waals surface area (Å²) < 4.78 is 0. The molecule has 0 N–H and O–H groups in total. The first-order chi connectivity index (χ1) is 6.59. The van der Waals surface area contributed by atoms with E-state index in [1.54, 1.807) is 0 Å². The van der Waals surface area contributed by atoms with Gasteiger partial charge in [0.25, 0.3) is 0 Å².